The van der Waals surface area contributed by atoms with Gasteiger partial charge in [0.1, 0.15) is 0 Å². The van der Waals surface area contributed by atoms with Gasteiger partial charge in [-0.15, -0.1) is 0 Å². The summed E-state index contributed by atoms with van der Waals surface area (Å²) in [4.78, 5) is 13.4. The third kappa shape index (κ3) is 2.03. The summed E-state index contributed by atoms with van der Waals surface area (Å²) in [6.07, 6.45) is 0. The van der Waals surface area contributed by atoms with Gasteiger partial charge in [-0.2, -0.15) is 0 Å². The van der Waals surface area contributed by atoms with Crippen LogP contribution in [-0.2, 0) is 4.79 Å². The van der Waals surface area contributed by atoms with E-state index in [1.54, 1.807) is 0 Å². The topological polar surface area (TPSA) is 58.4 Å². The zero-order valence-corrected chi connectivity index (χ0v) is 7.42. The van der Waals surface area contributed by atoms with E-state index in [2.05, 4.69) is 5.32 Å². The monoisotopic (exact) mass is 170 g/mol. The molecule has 12 heavy (non-hydrogen) atoms. The molecular weight excluding hydrogens is 154 g/mol. The minimum Gasteiger partial charge on any atom is -0.324 e. The Bertz CT molecular complexity index is 160. The fourth-order valence-electron chi connectivity index (χ4n) is 1.46. The van der Waals surface area contributed by atoms with E-state index < -0.39 is 0 Å². The molecule has 1 atom stereocenters. The smallest absolute Gasteiger partial charge is 0.164 e. The average Bonchev–Trinajstić information content (AvgIpc) is 2.16. The Kier molecular flexibility index (Phi) is 3.65. The normalized spacial score (nSPS) is 25.7. The number of rotatable bonds is 3. The van der Waals surface area contributed by atoms with E-state index in [1.807, 2.05) is 18.4 Å². The highest BCUT2D eigenvalue weighted by molar-refractivity contribution is 5.86. The largest absolute Gasteiger partial charge is 0.324 e. The van der Waals surface area contributed by atoms with Gasteiger partial charge in [-0.1, -0.05) is 0 Å². The number of piperazine rings is 1. The maximum absolute atomic E-state index is 11.3. The van der Waals surface area contributed by atoms with Gasteiger partial charge < -0.3 is 11.1 Å². The van der Waals surface area contributed by atoms with Crippen LogP contribution in [0, 0.1) is 6.54 Å². The first-order chi connectivity index (χ1) is 5.79. The van der Waals surface area contributed by atoms with Crippen molar-refractivity contribution in [2.75, 3.05) is 26.2 Å². The van der Waals surface area contributed by atoms with Crippen molar-refractivity contribution >= 4 is 5.78 Å². The number of carbonyl (C=O) groups excluding carboxylic acids is 1. The summed E-state index contributed by atoms with van der Waals surface area (Å²) in [5.74, 6) is 0.111. The fourth-order valence-corrected chi connectivity index (χ4v) is 1.46. The summed E-state index contributed by atoms with van der Waals surface area (Å²) < 4.78 is 0. The molecule has 0 aromatic heterocycles. The van der Waals surface area contributed by atoms with E-state index in [-0.39, 0.29) is 18.4 Å². The van der Waals surface area contributed by atoms with Crippen molar-refractivity contribution in [2.45, 2.75) is 13.0 Å². The second kappa shape index (κ2) is 4.54. The standard InChI is InChI=1S/C8H16N3O/c1-2-11-4-3-10-6-7(11)8(12)5-9/h2,7,10H,3-6,9H2,1H3. The number of ketones is 1. The second-order valence-corrected chi connectivity index (χ2v) is 2.89. The van der Waals surface area contributed by atoms with Crippen molar-refractivity contribution in [1.82, 2.24) is 10.2 Å². The maximum Gasteiger partial charge on any atom is 0.164 e. The van der Waals surface area contributed by atoms with Crippen molar-refractivity contribution in [3.8, 4) is 0 Å². The Morgan fingerprint density at radius 3 is 3.17 bits per heavy atom. The molecule has 1 aliphatic rings. The summed E-state index contributed by atoms with van der Waals surface area (Å²) in [5, 5.41) is 3.18. The molecule has 1 heterocycles. The van der Waals surface area contributed by atoms with E-state index in [0.717, 1.165) is 19.6 Å². The van der Waals surface area contributed by atoms with E-state index in [1.165, 1.54) is 0 Å². The molecule has 0 amide bonds. The minimum absolute atomic E-state index is 0.0475. The van der Waals surface area contributed by atoms with E-state index in [4.69, 9.17) is 5.73 Å². The highest BCUT2D eigenvalue weighted by atomic mass is 16.1. The van der Waals surface area contributed by atoms with Gasteiger partial charge in [-0.3, -0.25) is 9.69 Å². The molecule has 69 valence electrons. The van der Waals surface area contributed by atoms with Crippen LogP contribution in [0.4, 0.5) is 0 Å². The molecule has 0 aliphatic carbocycles. The Morgan fingerprint density at radius 1 is 1.83 bits per heavy atom. The number of nitrogens with one attached hydrogen (secondary N) is 1. The molecule has 1 radical (unpaired) electrons. The molecule has 0 aromatic carbocycles. The Hall–Kier alpha value is -0.450. The summed E-state index contributed by atoms with van der Waals surface area (Å²) in [6, 6.07) is -0.0475. The molecule has 1 unspecified atom stereocenters. The highest BCUT2D eigenvalue weighted by Gasteiger charge is 2.25. The Morgan fingerprint density at radius 2 is 2.58 bits per heavy atom. The minimum atomic E-state index is -0.0475. The number of carbonyl (C=O) groups is 1. The van der Waals surface area contributed by atoms with Crippen LogP contribution in [-0.4, -0.2) is 42.9 Å². The van der Waals surface area contributed by atoms with Crippen LogP contribution < -0.4 is 11.1 Å². The third-order valence-electron chi connectivity index (χ3n) is 2.19. The Labute approximate surface area is 73.1 Å². The lowest BCUT2D eigenvalue weighted by Crippen LogP contribution is -2.54. The van der Waals surface area contributed by atoms with Crippen molar-refractivity contribution in [2.24, 2.45) is 5.73 Å². The number of Topliss-reactive ketones (excluding diaryl/α,β-unsaturated/α-hetero) is 1. The number of hydrogen-bond donors (Lipinski definition) is 2. The molecule has 1 aliphatic heterocycles. The molecule has 1 fully saturated rings. The summed E-state index contributed by atoms with van der Waals surface area (Å²) in [6.45, 7) is 6.60. The SMILES string of the molecule is C[CH]N1CCNCC1C(=O)CN. The number of nitrogens with zero attached hydrogens (tertiary/aromatic N) is 1. The number of hydrogen-bond acceptors (Lipinski definition) is 4. The summed E-state index contributed by atoms with van der Waals surface area (Å²) >= 11 is 0. The van der Waals surface area contributed by atoms with Crippen LogP contribution in [0.15, 0.2) is 0 Å². The summed E-state index contributed by atoms with van der Waals surface area (Å²) in [5.41, 5.74) is 5.30. The molecule has 0 saturated carbocycles. The van der Waals surface area contributed by atoms with Gasteiger partial charge in [-0.25, -0.2) is 0 Å². The molecule has 1 rings (SSSR count). The van der Waals surface area contributed by atoms with Gasteiger partial charge in [0.25, 0.3) is 0 Å². The fraction of sp³-hybridized carbons (Fsp3) is 0.750. The zero-order chi connectivity index (χ0) is 8.97. The molecule has 0 bridgehead atoms. The van der Waals surface area contributed by atoms with Gasteiger partial charge in [0.05, 0.1) is 12.6 Å². The van der Waals surface area contributed by atoms with Gasteiger partial charge in [-0.05, 0) is 6.92 Å². The average molecular weight is 170 g/mol. The van der Waals surface area contributed by atoms with E-state index >= 15 is 0 Å². The third-order valence-corrected chi connectivity index (χ3v) is 2.19. The molecular formula is C8H16N3O. The van der Waals surface area contributed by atoms with Crippen LogP contribution in [0.3, 0.4) is 0 Å². The lowest BCUT2D eigenvalue weighted by atomic mass is 10.1. The van der Waals surface area contributed by atoms with Crippen LogP contribution in [0.25, 0.3) is 0 Å². The van der Waals surface area contributed by atoms with Gasteiger partial charge in [0.15, 0.2) is 5.78 Å². The van der Waals surface area contributed by atoms with Crippen LogP contribution in [0.1, 0.15) is 6.92 Å². The Balaban J connectivity index is 2.52. The molecule has 1 saturated heterocycles. The van der Waals surface area contributed by atoms with Gasteiger partial charge in [0.2, 0.25) is 0 Å². The molecule has 3 N–H and O–H groups in total. The van der Waals surface area contributed by atoms with Gasteiger partial charge >= 0.3 is 0 Å². The van der Waals surface area contributed by atoms with Crippen molar-refractivity contribution < 1.29 is 4.79 Å². The molecule has 0 spiro atoms. The predicted octanol–water partition coefficient (Wildman–Crippen LogP) is -1.03. The van der Waals surface area contributed by atoms with Gasteiger partial charge in [0, 0.05) is 26.2 Å². The van der Waals surface area contributed by atoms with Crippen molar-refractivity contribution in [3.63, 3.8) is 0 Å². The van der Waals surface area contributed by atoms with Crippen LogP contribution >= 0.6 is 0 Å². The number of nitrogens with two attached hydrogens (primary N) is 1. The summed E-state index contributed by atoms with van der Waals surface area (Å²) in [7, 11) is 0. The lowest BCUT2D eigenvalue weighted by Gasteiger charge is -2.33. The molecule has 4 heteroatoms. The second-order valence-electron chi connectivity index (χ2n) is 2.89. The first-order valence-corrected chi connectivity index (χ1v) is 4.28. The van der Waals surface area contributed by atoms with E-state index in [9.17, 15) is 4.79 Å². The van der Waals surface area contributed by atoms with Crippen LogP contribution in [0.2, 0.25) is 0 Å². The maximum atomic E-state index is 11.3. The quantitative estimate of drug-likeness (QED) is 0.568. The van der Waals surface area contributed by atoms with Crippen molar-refractivity contribution in [1.29, 1.82) is 0 Å². The highest BCUT2D eigenvalue weighted by Crippen LogP contribution is 2.05. The lowest BCUT2D eigenvalue weighted by molar-refractivity contribution is -0.122. The first-order valence-electron chi connectivity index (χ1n) is 4.28. The van der Waals surface area contributed by atoms with Crippen molar-refractivity contribution in [3.05, 3.63) is 6.54 Å². The first kappa shape index (κ1) is 9.64. The predicted molar refractivity (Wildman–Crippen MR) is 47.4 cm³/mol. The molecule has 0 aromatic rings. The van der Waals surface area contributed by atoms with E-state index in [0.29, 0.717) is 0 Å². The zero-order valence-electron chi connectivity index (χ0n) is 7.42. The van der Waals surface area contributed by atoms with Crippen LogP contribution in [0.5, 0.6) is 0 Å². The molecule has 4 nitrogen and oxygen atoms in total.